The Bertz CT molecular complexity index is 930. The number of hydrogen-bond donors (Lipinski definition) is 0. The van der Waals surface area contributed by atoms with Gasteiger partial charge in [-0.15, -0.1) is 0 Å². The van der Waals surface area contributed by atoms with Gasteiger partial charge in [0.1, 0.15) is 24.6 Å². The first-order chi connectivity index (χ1) is 13.5. The molecule has 28 heavy (non-hydrogen) atoms. The molecule has 3 aromatic rings. The minimum atomic E-state index is -0.666. The summed E-state index contributed by atoms with van der Waals surface area (Å²) in [5.41, 5.74) is 1.35. The van der Waals surface area contributed by atoms with Crippen LogP contribution in [0.15, 0.2) is 66.7 Å². The Morgan fingerprint density at radius 3 is 1.54 bits per heavy atom. The van der Waals surface area contributed by atoms with Crippen LogP contribution >= 0.6 is 23.2 Å². The van der Waals surface area contributed by atoms with Gasteiger partial charge in [0.2, 0.25) is 0 Å². The molecule has 1 aromatic heterocycles. The predicted molar refractivity (Wildman–Crippen MR) is 105 cm³/mol. The monoisotopic (exact) mass is 415 g/mol. The van der Waals surface area contributed by atoms with Gasteiger partial charge in [-0.3, -0.25) is 0 Å². The highest BCUT2D eigenvalue weighted by molar-refractivity contribution is 6.31. The summed E-state index contributed by atoms with van der Waals surface area (Å²) in [5, 5.41) is 1.00. The highest BCUT2D eigenvalue weighted by atomic mass is 35.5. The fraction of sp³-hybridized carbons (Fsp3) is 0.0952. The SMILES string of the molecule is O=C(OCc1ccccc1Cl)c1cccc(C(=O)OCc2ccccc2Cl)n1. The van der Waals surface area contributed by atoms with E-state index in [1.54, 1.807) is 48.5 Å². The van der Waals surface area contributed by atoms with Crippen molar-refractivity contribution in [2.24, 2.45) is 0 Å². The summed E-state index contributed by atoms with van der Waals surface area (Å²) in [6, 6.07) is 18.5. The summed E-state index contributed by atoms with van der Waals surface area (Å²) in [6.07, 6.45) is 0. The lowest BCUT2D eigenvalue weighted by Gasteiger charge is -2.08. The van der Waals surface area contributed by atoms with E-state index in [9.17, 15) is 9.59 Å². The van der Waals surface area contributed by atoms with E-state index in [4.69, 9.17) is 32.7 Å². The number of pyridine rings is 1. The van der Waals surface area contributed by atoms with E-state index in [1.165, 1.54) is 18.2 Å². The van der Waals surface area contributed by atoms with Crippen LogP contribution in [0.1, 0.15) is 32.1 Å². The molecular formula is C21H15Cl2NO4. The zero-order valence-corrected chi connectivity index (χ0v) is 16.1. The van der Waals surface area contributed by atoms with Crippen LogP contribution in [0.2, 0.25) is 10.0 Å². The second-order valence-corrected chi connectivity index (χ2v) is 6.56. The molecule has 0 saturated heterocycles. The minimum Gasteiger partial charge on any atom is -0.456 e. The van der Waals surface area contributed by atoms with Crippen molar-refractivity contribution in [1.82, 2.24) is 4.98 Å². The first-order valence-corrected chi connectivity index (χ1v) is 9.08. The van der Waals surface area contributed by atoms with Crippen LogP contribution in [-0.2, 0) is 22.7 Å². The van der Waals surface area contributed by atoms with Crippen LogP contribution in [0.3, 0.4) is 0 Å². The summed E-state index contributed by atoms with van der Waals surface area (Å²) in [6.45, 7) is 0.00271. The maximum Gasteiger partial charge on any atom is 0.357 e. The minimum absolute atomic E-state index is 0.000697. The lowest BCUT2D eigenvalue weighted by atomic mass is 10.2. The highest BCUT2D eigenvalue weighted by Crippen LogP contribution is 2.17. The van der Waals surface area contributed by atoms with Crippen LogP contribution in [0, 0.1) is 0 Å². The van der Waals surface area contributed by atoms with Gasteiger partial charge in [0.05, 0.1) is 0 Å². The van der Waals surface area contributed by atoms with Crippen LogP contribution in [-0.4, -0.2) is 16.9 Å². The Morgan fingerprint density at radius 1 is 0.679 bits per heavy atom. The van der Waals surface area contributed by atoms with Gasteiger partial charge in [0.15, 0.2) is 0 Å². The molecule has 5 nitrogen and oxygen atoms in total. The number of ether oxygens (including phenoxy) is 2. The van der Waals surface area contributed by atoms with Gasteiger partial charge in [-0.05, 0) is 24.3 Å². The molecule has 0 spiro atoms. The predicted octanol–water partition coefficient (Wildman–Crippen LogP) is 5.10. The Morgan fingerprint density at radius 2 is 1.11 bits per heavy atom. The molecule has 1 heterocycles. The Hall–Kier alpha value is -2.89. The Kier molecular flexibility index (Phi) is 6.63. The molecule has 0 amide bonds. The summed E-state index contributed by atoms with van der Waals surface area (Å²) in [4.78, 5) is 28.5. The van der Waals surface area contributed by atoms with Crippen molar-refractivity contribution < 1.29 is 19.1 Å². The topological polar surface area (TPSA) is 65.5 Å². The van der Waals surface area contributed by atoms with Crippen LogP contribution in [0.25, 0.3) is 0 Å². The molecule has 142 valence electrons. The smallest absolute Gasteiger partial charge is 0.357 e. The van der Waals surface area contributed by atoms with E-state index in [0.29, 0.717) is 21.2 Å². The average molecular weight is 416 g/mol. The van der Waals surface area contributed by atoms with Gasteiger partial charge >= 0.3 is 11.9 Å². The number of carbonyl (C=O) groups excluding carboxylic acids is 2. The molecule has 0 N–H and O–H groups in total. The van der Waals surface area contributed by atoms with E-state index in [1.807, 2.05) is 0 Å². The third kappa shape index (κ3) is 5.09. The number of benzene rings is 2. The number of nitrogens with zero attached hydrogens (tertiary/aromatic N) is 1. The lowest BCUT2D eigenvalue weighted by Crippen LogP contribution is -2.13. The van der Waals surface area contributed by atoms with Crippen LogP contribution < -0.4 is 0 Å². The molecule has 0 bridgehead atoms. The number of rotatable bonds is 6. The van der Waals surface area contributed by atoms with Crippen molar-refractivity contribution in [2.75, 3.05) is 0 Å². The van der Waals surface area contributed by atoms with Crippen molar-refractivity contribution in [3.63, 3.8) is 0 Å². The zero-order chi connectivity index (χ0) is 19.9. The third-order valence-corrected chi connectivity index (χ3v) is 4.54. The second-order valence-electron chi connectivity index (χ2n) is 5.74. The molecule has 0 unspecified atom stereocenters. The van der Waals surface area contributed by atoms with E-state index >= 15 is 0 Å². The lowest BCUT2D eigenvalue weighted by molar-refractivity contribution is 0.0457. The van der Waals surface area contributed by atoms with Gasteiger partial charge < -0.3 is 9.47 Å². The molecule has 7 heteroatoms. The van der Waals surface area contributed by atoms with E-state index in [0.717, 1.165) is 0 Å². The molecular weight excluding hydrogens is 401 g/mol. The third-order valence-electron chi connectivity index (χ3n) is 3.80. The summed E-state index contributed by atoms with van der Waals surface area (Å²) < 4.78 is 10.4. The van der Waals surface area contributed by atoms with Crippen molar-refractivity contribution in [3.8, 4) is 0 Å². The molecule has 2 aromatic carbocycles. The molecule has 0 fully saturated rings. The van der Waals surface area contributed by atoms with Gasteiger partial charge in [-0.2, -0.15) is 0 Å². The number of halogens is 2. The maximum atomic E-state index is 12.2. The van der Waals surface area contributed by atoms with Crippen molar-refractivity contribution in [2.45, 2.75) is 13.2 Å². The standard InChI is InChI=1S/C21H15Cl2NO4/c22-16-8-3-1-6-14(16)12-27-20(25)18-10-5-11-19(24-18)21(26)28-13-15-7-2-4-9-17(15)23/h1-11H,12-13H2. The molecule has 0 aliphatic heterocycles. The number of carbonyl (C=O) groups is 2. The van der Waals surface area contributed by atoms with Gasteiger partial charge in [-0.25, -0.2) is 14.6 Å². The second kappa shape index (κ2) is 9.35. The van der Waals surface area contributed by atoms with Crippen molar-refractivity contribution in [3.05, 3.63) is 99.3 Å². The average Bonchev–Trinajstić information content (AvgIpc) is 2.72. The first-order valence-electron chi connectivity index (χ1n) is 8.32. The zero-order valence-electron chi connectivity index (χ0n) is 14.6. The van der Waals surface area contributed by atoms with E-state index in [-0.39, 0.29) is 24.6 Å². The van der Waals surface area contributed by atoms with Gasteiger partial charge in [0.25, 0.3) is 0 Å². The maximum absolute atomic E-state index is 12.2. The fourth-order valence-corrected chi connectivity index (χ4v) is 2.71. The Labute approximate surface area is 171 Å². The Balaban J connectivity index is 1.62. The molecule has 3 rings (SSSR count). The van der Waals surface area contributed by atoms with Gasteiger partial charge in [-0.1, -0.05) is 65.7 Å². The van der Waals surface area contributed by atoms with E-state index < -0.39 is 11.9 Å². The number of aromatic nitrogens is 1. The summed E-state index contributed by atoms with van der Waals surface area (Å²) in [7, 11) is 0. The van der Waals surface area contributed by atoms with Crippen molar-refractivity contribution in [1.29, 1.82) is 0 Å². The molecule has 0 saturated carbocycles. The highest BCUT2D eigenvalue weighted by Gasteiger charge is 2.15. The number of esters is 2. The normalized spacial score (nSPS) is 10.4. The molecule has 0 radical (unpaired) electrons. The fourth-order valence-electron chi connectivity index (χ4n) is 2.33. The molecule has 0 aliphatic rings. The summed E-state index contributed by atoms with van der Waals surface area (Å²) in [5.74, 6) is -1.33. The van der Waals surface area contributed by atoms with Crippen molar-refractivity contribution >= 4 is 35.1 Å². The van der Waals surface area contributed by atoms with Gasteiger partial charge in [0, 0.05) is 21.2 Å². The molecule has 0 aliphatic carbocycles. The quantitative estimate of drug-likeness (QED) is 0.523. The largest absolute Gasteiger partial charge is 0.456 e. The van der Waals surface area contributed by atoms with Crippen LogP contribution in [0.4, 0.5) is 0 Å². The summed E-state index contributed by atoms with van der Waals surface area (Å²) >= 11 is 12.1. The van der Waals surface area contributed by atoms with E-state index in [2.05, 4.69) is 4.98 Å². The van der Waals surface area contributed by atoms with Crippen LogP contribution in [0.5, 0.6) is 0 Å². The first kappa shape index (κ1) is 19.9. The molecule has 0 atom stereocenters. The number of hydrogen-bond acceptors (Lipinski definition) is 5.